The van der Waals surface area contributed by atoms with E-state index in [2.05, 4.69) is 10.1 Å². The van der Waals surface area contributed by atoms with E-state index in [-0.39, 0.29) is 12.8 Å². The Morgan fingerprint density at radius 2 is 1.90 bits per heavy atom. The lowest BCUT2D eigenvalue weighted by Crippen LogP contribution is -2.50. The average Bonchev–Trinajstić information content (AvgIpc) is 2.47. The summed E-state index contributed by atoms with van der Waals surface area (Å²) in [5.74, 6) is -2.51. The second kappa shape index (κ2) is 8.01. The van der Waals surface area contributed by atoms with E-state index in [0.29, 0.717) is 0 Å². The number of esters is 1. The summed E-state index contributed by atoms with van der Waals surface area (Å²) in [7, 11) is 1.18. The number of carbonyl (C=O) groups excluding carboxylic acids is 2. The Balaban J connectivity index is 2.64. The molecule has 0 bridgehead atoms. The lowest BCUT2D eigenvalue weighted by Gasteiger charge is -2.17. The van der Waals surface area contributed by atoms with Gasteiger partial charge in [-0.15, -0.1) is 0 Å². The Kier molecular flexibility index (Phi) is 6.35. The lowest BCUT2D eigenvalue weighted by atomic mass is 10.1. The van der Waals surface area contributed by atoms with E-state index in [1.165, 1.54) is 7.11 Å². The number of aliphatic carboxylic acids is 1. The molecule has 2 atom stereocenters. The van der Waals surface area contributed by atoms with Crippen LogP contribution in [-0.2, 0) is 25.5 Å². The van der Waals surface area contributed by atoms with Crippen molar-refractivity contribution in [2.75, 3.05) is 7.11 Å². The first kappa shape index (κ1) is 16.6. The van der Waals surface area contributed by atoms with Gasteiger partial charge in [0.1, 0.15) is 6.04 Å². The number of nitrogens with two attached hydrogens (primary N) is 1. The van der Waals surface area contributed by atoms with E-state index in [0.717, 1.165) is 5.56 Å². The number of benzene rings is 1. The van der Waals surface area contributed by atoms with Crippen molar-refractivity contribution in [1.82, 2.24) is 5.32 Å². The Hall–Kier alpha value is -2.41. The summed E-state index contributed by atoms with van der Waals surface area (Å²) in [5, 5.41) is 11.5. The summed E-state index contributed by atoms with van der Waals surface area (Å²) in [6.07, 6.45) is -0.174. The number of carboxylic acids is 1. The Morgan fingerprint density at radius 1 is 1.29 bits per heavy atom. The fourth-order valence-electron chi connectivity index (χ4n) is 1.68. The van der Waals surface area contributed by atoms with Crippen molar-refractivity contribution < 1.29 is 24.2 Å². The van der Waals surface area contributed by atoms with Crippen LogP contribution in [-0.4, -0.2) is 42.1 Å². The van der Waals surface area contributed by atoms with Crippen LogP contribution in [0, 0.1) is 0 Å². The van der Waals surface area contributed by atoms with Gasteiger partial charge in [-0.05, 0) is 5.56 Å². The highest BCUT2D eigenvalue weighted by atomic mass is 16.5. The minimum atomic E-state index is -1.17. The maximum Gasteiger partial charge on any atom is 0.326 e. The van der Waals surface area contributed by atoms with Crippen molar-refractivity contribution in [2.45, 2.75) is 24.9 Å². The molecule has 0 fully saturated rings. The van der Waals surface area contributed by atoms with E-state index in [1.807, 2.05) is 6.07 Å². The number of methoxy groups -OCH3 is 1. The second-order valence-corrected chi connectivity index (χ2v) is 4.48. The highest BCUT2D eigenvalue weighted by molar-refractivity contribution is 5.89. The molecule has 1 aromatic rings. The molecule has 1 aromatic carbocycles. The van der Waals surface area contributed by atoms with Crippen LogP contribution in [0.25, 0.3) is 0 Å². The molecule has 21 heavy (non-hydrogen) atoms. The zero-order chi connectivity index (χ0) is 15.8. The number of hydrogen-bond acceptors (Lipinski definition) is 5. The zero-order valence-electron chi connectivity index (χ0n) is 11.6. The van der Waals surface area contributed by atoms with Gasteiger partial charge in [0, 0.05) is 6.42 Å². The lowest BCUT2D eigenvalue weighted by molar-refractivity contribution is -0.143. The van der Waals surface area contributed by atoms with E-state index in [1.54, 1.807) is 24.3 Å². The smallest absolute Gasteiger partial charge is 0.326 e. The number of ether oxygens (including phenoxy) is 1. The fraction of sp³-hybridized carbons (Fsp3) is 0.357. The van der Waals surface area contributed by atoms with Crippen LogP contribution in [0.4, 0.5) is 0 Å². The first-order valence-electron chi connectivity index (χ1n) is 6.33. The molecule has 0 aliphatic heterocycles. The average molecular weight is 294 g/mol. The van der Waals surface area contributed by atoms with Crippen molar-refractivity contribution in [2.24, 2.45) is 5.73 Å². The van der Waals surface area contributed by atoms with Crippen molar-refractivity contribution in [3.05, 3.63) is 35.9 Å². The Morgan fingerprint density at radius 3 is 2.43 bits per heavy atom. The van der Waals surface area contributed by atoms with Gasteiger partial charge in [-0.2, -0.15) is 0 Å². The molecular formula is C14H18N2O5. The van der Waals surface area contributed by atoms with Gasteiger partial charge in [0.25, 0.3) is 0 Å². The van der Waals surface area contributed by atoms with E-state index < -0.39 is 29.9 Å². The number of hydrogen-bond donors (Lipinski definition) is 3. The third-order valence-corrected chi connectivity index (χ3v) is 2.85. The van der Waals surface area contributed by atoms with Gasteiger partial charge >= 0.3 is 11.9 Å². The number of carbonyl (C=O) groups is 3. The fourth-order valence-corrected chi connectivity index (χ4v) is 1.68. The summed E-state index contributed by atoms with van der Waals surface area (Å²) in [6.45, 7) is 0. The third kappa shape index (κ3) is 5.62. The van der Waals surface area contributed by atoms with Crippen molar-refractivity contribution in [3.63, 3.8) is 0 Å². The topological polar surface area (TPSA) is 119 Å². The first-order chi connectivity index (χ1) is 9.93. The molecule has 7 heteroatoms. The summed E-state index contributed by atoms with van der Waals surface area (Å²) < 4.78 is 4.40. The largest absolute Gasteiger partial charge is 0.480 e. The van der Waals surface area contributed by atoms with Crippen molar-refractivity contribution >= 4 is 17.8 Å². The Bertz CT molecular complexity index is 503. The van der Waals surface area contributed by atoms with Crippen LogP contribution in [0.15, 0.2) is 30.3 Å². The second-order valence-electron chi connectivity index (χ2n) is 4.48. The van der Waals surface area contributed by atoms with Gasteiger partial charge in [0.15, 0.2) is 0 Å². The molecule has 1 amide bonds. The molecule has 0 saturated heterocycles. The van der Waals surface area contributed by atoms with E-state index in [4.69, 9.17) is 10.8 Å². The molecule has 4 N–H and O–H groups in total. The minimum Gasteiger partial charge on any atom is -0.480 e. The van der Waals surface area contributed by atoms with Crippen LogP contribution >= 0.6 is 0 Å². The normalized spacial score (nSPS) is 13.0. The van der Waals surface area contributed by atoms with Crippen molar-refractivity contribution in [1.29, 1.82) is 0 Å². The number of amides is 1. The van der Waals surface area contributed by atoms with Gasteiger partial charge < -0.3 is 20.9 Å². The minimum absolute atomic E-state index is 0.132. The number of rotatable bonds is 7. The number of carboxylic acid groups (broad SMARTS) is 1. The molecule has 0 saturated carbocycles. The highest BCUT2D eigenvalue weighted by Gasteiger charge is 2.25. The number of nitrogens with one attached hydrogen (secondary N) is 1. The third-order valence-electron chi connectivity index (χ3n) is 2.85. The van der Waals surface area contributed by atoms with Gasteiger partial charge in [0.05, 0.1) is 19.6 Å². The van der Waals surface area contributed by atoms with Gasteiger partial charge in [-0.1, -0.05) is 30.3 Å². The summed E-state index contributed by atoms with van der Waals surface area (Å²) in [5.41, 5.74) is 6.30. The quantitative estimate of drug-likeness (QED) is 0.593. The van der Waals surface area contributed by atoms with Gasteiger partial charge in [0.2, 0.25) is 5.91 Å². The predicted octanol–water partition coefficient (Wildman–Crippen LogP) is -0.311. The van der Waals surface area contributed by atoms with Crippen LogP contribution < -0.4 is 11.1 Å². The van der Waals surface area contributed by atoms with Crippen LogP contribution in [0.5, 0.6) is 0 Å². The first-order valence-corrected chi connectivity index (χ1v) is 6.33. The summed E-state index contributed by atoms with van der Waals surface area (Å²) >= 11 is 0. The predicted molar refractivity (Wildman–Crippen MR) is 74.3 cm³/mol. The molecule has 0 aliphatic rings. The molecule has 0 aromatic heterocycles. The Labute approximate surface area is 122 Å². The molecule has 1 rings (SSSR count). The molecule has 0 radical (unpaired) electrons. The van der Waals surface area contributed by atoms with Crippen LogP contribution in [0.3, 0.4) is 0 Å². The molecule has 0 spiro atoms. The van der Waals surface area contributed by atoms with Gasteiger partial charge in [-0.25, -0.2) is 4.79 Å². The SMILES string of the molecule is COC(=O)C[C@H](N)C(=O)N[C@@H](Cc1ccccc1)C(=O)O. The maximum absolute atomic E-state index is 11.8. The highest BCUT2D eigenvalue weighted by Crippen LogP contribution is 2.04. The molecule has 7 nitrogen and oxygen atoms in total. The van der Waals surface area contributed by atoms with Gasteiger partial charge in [-0.3, -0.25) is 9.59 Å². The van der Waals surface area contributed by atoms with Crippen LogP contribution in [0.1, 0.15) is 12.0 Å². The summed E-state index contributed by atoms with van der Waals surface area (Å²) in [4.78, 5) is 34.0. The molecular weight excluding hydrogens is 276 g/mol. The monoisotopic (exact) mass is 294 g/mol. The van der Waals surface area contributed by atoms with Crippen LogP contribution in [0.2, 0.25) is 0 Å². The summed E-state index contributed by atoms with van der Waals surface area (Å²) in [6, 6.07) is 6.63. The molecule has 0 heterocycles. The van der Waals surface area contributed by atoms with E-state index >= 15 is 0 Å². The molecule has 0 unspecified atom stereocenters. The molecule has 0 aliphatic carbocycles. The zero-order valence-corrected chi connectivity index (χ0v) is 11.6. The maximum atomic E-state index is 11.8. The van der Waals surface area contributed by atoms with Crippen molar-refractivity contribution in [3.8, 4) is 0 Å². The standard InChI is InChI=1S/C14H18N2O5/c1-21-12(17)8-10(15)13(18)16-11(14(19)20)7-9-5-3-2-4-6-9/h2-6,10-11H,7-8,15H2,1H3,(H,16,18)(H,19,20)/t10-,11-/m0/s1. The van der Waals surface area contributed by atoms with E-state index in [9.17, 15) is 14.4 Å². The molecule has 114 valence electrons.